The molecule has 0 fully saturated rings. The Labute approximate surface area is 195 Å². The maximum atomic E-state index is 12.3. The molecule has 0 saturated heterocycles. The molecule has 2 aromatic rings. The highest BCUT2D eigenvalue weighted by atomic mass is 127. The van der Waals surface area contributed by atoms with Gasteiger partial charge in [0.05, 0.1) is 22.9 Å². The zero-order valence-electron chi connectivity index (χ0n) is 16.1. The number of methoxy groups -OCH3 is 1. The average molecular weight is 586 g/mol. The lowest BCUT2D eigenvalue weighted by Crippen LogP contribution is -2.15. The summed E-state index contributed by atoms with van der Waals surface area (Å²) in [5.74, 6) is 0.0514. The fraction of sp³-hybridized carbons (Fsp3) is 0.190. The number of rotatable bonds is 7. The van der Waals surface area contributed by atoms with Crippen LogP contribution in [0.3, 0.4) is 0 Å². The van der Waals surface area contributed by atoms with Gasteiger partial charge in [-0.1, -0.05) is 12.1 Å². The summed E-state index contributed by atoms with van der Waals surface area (Å²) >= 11 is 5.50. The molecule has 0 unspecified atom stereocenters. The number of benzene rings is 2. The second kappa shape index (κ2) is 10.1. The largest absolute Gasteiger partial charge is 0.493 e. The highest BCUT2D eigenvalue weighted by Crippen LogP contribution is 2.35. The van der Waals surface area contributed by atoms with Crippen molar-refractivity contribution in [3.63, 3.8) is 0 Å². The van der Waals surface area contributed by atoms with Crippen molar-refractivity contribution in [2.75, 3.05) is 20.3 Å². The number of carbonyl (C=O) groups is 2. The van der Waals surface area contributed by atoms with Gasteiger partial charge < -0.3 is 18.9 Å². The Morgan fingerprint density at radius 1 is 1.30 bits per heavy atom. The molecule has 0 N–H and O–H groups in total. The van der Waals surface area contributed by atoms with Gasteiger partial charge in [0, 0.05) is 4.47 Å². The zero-order chi connectivity index (χ0) is 21.7. The first-order valence-electron chi connectivity index (χ1n) is 8.86. The van der Waals surface area contributed by atoms with Crippen molar-refractivity contribution in [1.82, 2.24) is 0 Å². The molecule has 156 valence electrons. The summed E-state index contributed by atoms with van der Waals surface area (Å²) in [7, 11) is 1.49. The molecule has 0 amide bonds. The van der Waals surface area contributed by atoms with Crippen molar-refractivity contribution in [2.24, 2.45) is 4.99 Å². The minimum atomic E-state index is -0.544. The van der Waals surface area contributed by atoms with E-state index in [1.807, 2.05) is 18.2 Å². The number of nitrogens with zero attached hydrogens (tertiary/aromatic N) is 1. The van der Waals surface area contributed by atoms with Gasteiger partial charge in [-0.2, -0.15) is 0 Å². The van der Waals surface area contributed by atoms with Crippen molar-refractivity contribution in [1.29, 1.82) is 0 Å². The molecule has 0 spiro atoms. The van der Waals surface area contributed by atoms with Crippen LogP contribution in [0.25, 0.3) is 6.08 Å². The van der Waals surface area contributed by atoms with E-state index in [0.29, 0.717) is 26.2 Å². The Morgan fingerprint density at radius 2 is 2.07 bits per heavy atom. The number of cyclic esters (lactones) is 1. The zero-order valence-corrected chi connectivity index (χ0v) is 19.9. The van der Waals surface area contributed by atoms with Gasteiger partial charge in [0.2, 0.25) is 5.90 Å². The highest BCUT2D eigenvalue weighted by Gasteiger charge is 2.25. The third-order valence-corrected chi connectivity index (χ3v) is 5.41. The van der Waals surface area contributed by atoms with Gasteiger partial charge in [-0.05, 0) is 81.3 Å². The Bertz CT molecular complexity index is 1050. The molecule has 3 rings (SSSR count). The number of aliphatic imine (C=N–C) groups is 1. The topological polar surface area (TPSA) is 83.4 Å². The van der Waals surface area contributed by atoms with Crippen molar-refractivity contribution in [2.45, 2.75) is 6.92 Å². The molecule has 0 saturated carbocycles. The Balaban J connectivity index is 1.88. The average Bonchev–Trinajstić information content (AvgIpc) is 3.07. The molecule has 30 heavy (non-hydrogen) atoms. The van der Waals surface area contributed by atoms with E-state index in [1.165, 1.54) is 7.11 Å². The first kappa shape index (κ1) is 22.3. The van der Waals surface area contributed by atoms with Crippen molar-refractivity contribution in [3.8, 4) is 11.5 Å². The minimum absolute atomic E-state index is 0.166. The molecule has 0 bridgehead atoms. The second-order valence-electron chi connectivity index (χ2n) is 5.94. The van der Waals surface area contributed by atoms with Crippen LogP contribution in [-0.4, -0.2) is 38.2 Å². The van der Waals surface area contributed by atoms with Gasteiger partial charge in [0.1, 0.15) is 0 Å². The van der Waals surface area contributed by atoms with E-state index in [1.54, 1.807) is 31.2 Å². The van der Waals surface area contributed by atoms with Gasteiger partial charge in [0.25, 0.3) is 0 Å². The maximum Gasteiger partial charge on any atom is 0.363 e. The summed E-state index contributed by atoms with van der Waals surface area (Å²) in [6.45, 7) is 1.77. The lowest BCUT2D eigenvalue weighted by Gasteiger charge is -2.13. The van der Waals surface area contributed by atoms with Crippen LogP contribution in [0.15, 0.2) is 51.6 Å². The maximum absolute atomic E-state index is 12.3. The first-order chi connectivity index (χ1) is 14.4. The van der Waals surface area contributed by atoms with E-state index >= 15 is 0 Å². The van der Waals surface area contributed by atoms with E-state index in [0.717, 1.165) is 4.47 Å². The number of hydrogen-bond donors (Lipinski definition) is 0. The van der Waals surface area contributed by atoms with Gasteiger partial charge in [-0.15, -0.1) is 0 Å². The van der Waals surface area contributed by atoms with Crippen LogP contribution in [0.2, 0.25) is 0 Å². The molecule has 2 aromatic carbocycles. The van der Waals surface area contributed by atoms with Crippen LogP contribution in [0, 0.1) is 3.57 Å². The Hall–Kier alpha value is -2.40. The third-order valence-electron chi connectivity index (χ3n) is 3.92. The normalized spacial score (nSPS) is 14.3. The summed E-state index contributed by atoms with van der Waals surface area (Å²) in [4.78, 5) is 28.2. The van der Waals surface area contributed by atoms with Crippen LogP contribution >= 0.6 is 38.5 Å². The highest BCUT2D eigenvalue weighted by molar-refractivity contribution is 14.1. The van der Waals surface area contributed by atoms with E-state index in [-0.39, 0.29) is 24.8 Å². The molecule has 0 radical (unpaired) electrons. The van der Waals surface area contributed by atoms with Gasteiger partial charge in [-0.3, -0.25) is 0 Å². The summed E-state index contributed by atoms with van der Waals surface area (Å²) in [6, 6.07) is 10.8. The molecule has 0 aromatic heterocycles. The fourth-order valence-electron chi connectivity index (χ4n) is 2.61. The lowest BCUT2D eigenvalue weighted by atomic mass is 10.1. The van der Waals surface area contributed by atoms with Crippen molar-refractivity contribution in [3.05, 3.63) is 61.3 Å². The van der Waals surface area contributed by atoms with Crippen LogP contribution in [0.5, 0.6) is 11.5 Å². The van der Waals surface area contributed by atoms with E-state index in [4.69, 9.17) is 18.9 Å². The molecule has 1 aliphatic heterocycles. The molecule has 7 nitrogen and oxygen atoms in total. The molecule has 1 aliphatic rings. The predicted molar refractivity (Wildman–Crippen MR) is 123 cm³/mol. The Morgan fingerprint density at radius 3 is 2.77 bits per heavy atom. The molecular weight excluding hydrogens is 569 g/mol. The summed E-state index contributed by atoms with van der Waals surface area (Å²) < 4.78 is 22.6. The van der Waals surface area contributed by atoms with Gasteiger partial charge in [0.15, 0.2) is 23.8 Å². The summed E-state index contributed by atoms with van der Waals surface area (Å²) in [5, 5.41) is 0. The SMILES string of the molecule is CCOC(=O)COc1c(I)cc(/C=C2\N=C(c3ccccc3Br)OC2=O)cc1OC. The Kier molecular flexibility index (Phi) is 7.48. The van der Waals surface area contributed by atoms with Crippen LogP contribution in [0.1, 0.15) is 18.1 Å². The molecular formula is C21H17BrINO6. The lowest BCUT2D eigenvalue weighted by molar-refractivity contribution is -0.145. The smallest absolute Gasteiger partial charge is 0.363 e. The number of halogens is 2. The molecule has 9 heteroatoms. The predicted octanol–water partition coefficient (Wildman–Crippen LogP) is 4.35. The fourth-order valence-corrected chi connectivity index (χ4v) is 3.85. The van der Waals surface area contributed by atoms with Gasteiger partial charge in [-0.25, -0.2) is 14.6 Å². The van der Waals surface area contributed by atoms with Crippen molar-refractivity contribution < 1.29 is 28.5 Å². The quantitative estimate of drug-likeness (QED) is 0.273. The van der Waals surface area contributed by atoms with Crippen LogP contribution < -0.4 is 9.47 Å². The monoisotopic (exact) mass is 585 g/mol. The summed E-state index contributed by atoms with van der Waals surface area (Å²) in [6.07, 6.45) is 1.60. The minimum Gasteiger partial charge on any atom is -0.493 e. The number of hydrogen-bond acceptors (Lipinski definition) is 7. The molecule has 1 heterocycles. The van der Waals surface area contributed by atoms with Crippen LogP contribution in [0.4, 0.5) is 0 Å². The standard InChI is InChI=1S/C21H17BrINO6/c1-3-28-18(25)11-29-19-15(23)8-12(10-17(19)27-2)9-16-21(26)30-20(24-16)13-6-4-5-7-14(13)22/h4-10H,3,11H2,1-2H3/b16-9-. The second-order valence-corrected chi connectivity index (χ2v) is 7.96. The van der Waals surface area contributed by atoms with Gasteiger partial charge >= 0.3 is 11.9 Å². The van der Waals surface area contributed by atoms with Crippen molar-refractivity contribution >= 4 is 62.4 Å². The summed E-state index contributed by atoms with van der Waals surface area (Å²) in [5.41, 5.74) is 1.52. The number of carbonyl (C=O) groups excluding carboxylic acids is 2. The molecule has 0 aliphatic carbocycles. The van der Waals surface area contributed by atoms with Crippen LogP contribution in [-0.2, 0) is 19.1 Å². The van der Waals surface area contributed by atoms with E-state index < -0.39 is 11.9 Å². The number of ether oxygens (including phenoxy) is 4. The van der Waals surface area contributed by atoms with E-state index in [9.17, 15) is 9.59 Å². The van der Waals surface area contributed by atoms with E-state index in [2.05, 4.69) is 43.5 Å². The molecule has 0 atom stereocenters. The third kappa shape index (κ3) is 5.20. The first-order valence-corrected chi connectivity index (χ1v) is 10.7. The number of esters is 2.